The van der Waals surface area contributed by atoms with Gasteiger partial charge in [-0.1, -0.05) is 24.8 Å². The number of likely N-dealkylation sites (tertiary alicyclic amines) is 1. The van der Waals surface area contributed by atoms with E-state index in [9.17, 15) is 4.79 Å². The zero-order valence-corrected chi connectivity index (χ0v) is 13.4. The van der Waals surface area contributed by atoms with Gasteiger partial charge in [-0.15, -0.1) is 10.2 Å². The smallest absolute Gasteiger partial charge is 0.233 e. The van der Waals surface area contributed by atoms with E-state index in [-0.39, 0.29) is 5.91 Å². The van der Waals surface area contributed by atoms with Crippen molar-refractivity contribution >= 4 is 17.7 Å². The normalized spacial score (nSPS) is 18.4. The lowest BCUT2D eigenvalue weighted by Gasteiger charge is -2.30. The third-order valence-electron chi connectivity index (χ3n) is 3.75. The summed E-state index contributed by atoms with van der Waals surface area (Å²) in [5.74, 6) is 1.92. The molecule has 1 fully saturated rings. The Hall–Kier alpha value is -1.89. The van der Waals surface area contributed by atoms with Crippen LogP contribution in [0.15, 0.2) is 35.9 Å². The Labute approximate surface area is 133 Å². The van der Waals surface area contributed by atoms with E-state index in [4.69, 9.17) is 0 Å². The van der Waals surface area contributed by atoms with Crippen molar-refractivity contribution < 1.29 is 4.79 Å². The van der Waals surface area contributed by atoms with Crippen molar-refractivity contribution in [1.29, 1.82) is 0 Å². The Bertz CT molecular complexity index is 630. The largest absolute Gasteiger partial charge is 0.342 e. The SMILES string of the molecule is CC1CCCN(C(=O)CSc2nncn2-c2ccccn2)C1. The van der Waals surface area contributed by atoms with E-state index in [0.717, 1.165) is 25.3 Å². The molecule has 7 heteroatoms. The molecule has 0 saturated carbocycles. The standard InChI is InChI=1S/C15H19N5OS/c1-12-5-4-8-19(9-12)14(21)10-22-15-18-17-11-20(15)13-6-2-3-7-16-13/h2-3,6-7,11-12H,4-5,8-10H2,1H3. The van der Waals surface area contributed by atoms with Gasteiger partial charge in [-0.3, -0.25) is 9.36 Å². The van der Waals surface area contributed by atoms with Gasteiger partial charge in [0.05, 0.1) is 5.75 Å². The number of carbonyl (C=O) groups is 1. The van der Waals surface area contributed by atoms with Gasteiger partial charge in [-0.25, -0.2) is 4.98 Å². The summed E-state index contributed by atoms with van der Waals surface area (Å²) in [4.78, 5) is 18.6. The van der Waals surface area contributed by atoms with Crippen LogP contribution in [0.1, 0.15) is 19.8 Å². The predicted molar refractivity (Wildman–Crippen MR) is 84.9 cm³/mol. The van der Waals surface area contributed by atoms with E-state index in [0.29, 0.717) is 16.8 Å². The van der Waals surface area contributed by atoms with Crippen LogP contribution in [0.4, 0.5) is 0 Å². The number of amides is 1. The average Bonchev–Trinajstić information content (AvgIpc) is 3.02. The third kappa shape index (κ3) is 3.47. The van der Waals surface area contributed by atoms with Crippen molar-refractivity contribution in [3.63, 3.8) is 0 Å². The summed E-state index contributed by atoms with van der Waals surface area (Å²) >= 11 is 1.41. The van der Waals surface area contributed by atoms with E-state index in [1.807, 2.05) is 23.1 Å². The second kappa shape index (κ2) is 6.91. The lowest BCUT2D eigenvalue weighted by molar-refractivity contribution is -0.130. The zero-order valence-electron chi connectivity index (χ0n) is 12.6. The van der Waals surface area contributed by atoms with Crippen molar-refractivity contribution in [3.8, 4) is 5.82 Å². The minimum Gasteiger partial charge on any atom is -0.342 e. The third-order valence-corrected chi connectivity index (χ3v) is 4.67. The number of piperidine rings is 1. The fourth-order valence-electron chi connectivity index (χ4n) is 2.61. The molecule has 1 aliphatic heterocycles. The van der Waals surface area contributed by atoms with Gasteiger partial charge in [0.15, 0.2) is 5.16 Å². The second-order valence-electron chi connectivity index (χ2n) is 5.55. The topological polar surface area (TPSA) is 63.9 Å². The molecule has 0 radical (unpaired) electrons. The molecule has 0 N–H and O–H groups in total. The summed E-state index contributed by atoms with van der Waals surface area (Å²) in [5, 5.41) is 8.71. The maximum absolute atomic E-state index is 12.3. The Morgan fingerprint density at radius 2 is 2.36 bits per heavy atom. The van der Waals surface area contributed by atoms with E-state index in [1.54, 1.807) is 17.1 Å². The highest BCUT2D eigenvalue weighted by Gasteiger charge is 2.21. The van der Waals surface area contributed by atoms with Crippen LogP contribution in [0.5, 0.6) is 0 Å². The quantitative estimate of drug-likeness (QED) is 0.807. The predicted octanol–water partition coefficient (Wildman–Crippen LogP) is 2.01. The molecule has 1 aliphatic rings. The van der Waals surface area contributed by atoms with Crippen LogP contribution in [-0.4, -0.2) is 49.4 Å². The van der Waals surface area contributed by atoms with Gasteiger partial charge in [-0.05, 0) is 30.9 Å². The van der Waals surface area contributed by atoms with Crippen molar-refractivity contribution in [1.82, 2.24) is 24.6 Å². The molecule has 1 atom stereocenters. The molecule has 22 heavy (non-hydrogen) atoms. The number of pyridine rings is 1. The van der Waals surface area contributed by atoms with Gasteiger partial charge in [0.25, 0.3) is 0 Å². The first-order valence-electron chi connectivity index (χ1n) is 7.46. The molecule has 6 nitrogen and oxygen atoms in total. The number of thioether (sulfide) groups is 1. The summed E-state index contributed by atoms with van der Waals surface area (Å²) in [6, 6.07) is 5.67. The number of hydrogen-bond acceptors (Lipinski definition) is 5. The number of nitrogens with zero attached hydrogens (tertiary/aromatic N) is 5. The molecule has 1 unspecified atom stereocenters. The summed E-state index contributed by atoms with van der Waals surface area (Å²) in [6.07, 6.45) is 5.66. The highest BCUT2D eigenvalue weighted by Crippen LogP contribution is 2.21. The van der Waals surface area contributed by atoms with Gasteiger partial charge in [-0.2, -0.15) is 0 Å². The Kier molecular flexibility index (Phi) is 4.72. The monoisotopic (exact) mass is 317 g/mol. The van der Waals surface area contributed by atoms with E-state index >= 15 is 0 Å². The number of hydrogen-bond donors (Lipinski definition) is 0. The van der Waals surface area contributed by atoms with Gasteiger partial charge in [0, 0.05) is 19.3 Å². The maximum Gasteiger partial charge on any atom is 0.233 e. The molecule has 3 heterocycles. The van der Waals surface area contributed by atoms with Crippen LogP contribution in [-0.2, 0) is 4.79 Å². The summed E-state index contributed by atoms with van der Waals surface area (Å²) in [7, 11) is 0. The highest BCUT2D eigenvalue weighted by molar-refractivity contribution is 7.99. The van der Waals surface area contributed by atoms with E-state index < -0.39 is 0 Å². The highest BCUT2D eigenvalue weighted by atomic mass is 32.2. The molecular formula is C15H19N5OS. The Morgan fingerprint density at radius 3 is 3.14 bits per heavy atom. The molecule has 116 valence electrons. The van der Waals surface area contributed by atoms with E-state index in [2.05, 4.69) is 22.1 Å². The summed E-state index contributed by atoms with van der Waals surface area (Å²) in [6.45, 7) is 3.94. The molecular weight excluding hydrogens is 298 g/mol. The fraction of sp³-hybridized carbons (Fsp3) is 0.467. The minimum atomic E-state index is 0.173. The lowest BCUT2D eigenvalue weighted by atomic mass is 10.0. The Balaban J connectivity index is 1.63. The molecule has 2 aromatic heterocycles. The summed E-state index contributed by atoms with van der Waals surface area (Å²) in [5.41, 5.74) is 0. The molecule has 2 aromatic rings. The van der Waals surface area contributed by atoms with Crippen LogP contribution >= 0.6 is 11.8 Å². The van der Waals surface area contributed by atoms with Crippen LogP contribution in [0, 0.1) is 5.92 Å². The Morgan fingerprint density at radius 1 is 1.45 bits per heavy atom. The van der Waals surface area contributed by atoms with Crippen molar-refractivity contribution in [2.75, 3.05) is 18.8 Å². The van der Waals surface area contributed by atoms with Gasteiger partial charge in [0.2, 0.25) is 5.91 Å². The number of aromatic nitrogens is 4. The molecule has 0 aliphatic carbocycles. The van der Waals surface area contributed by atoms with Crippen molar-refractivity contribution in [2.24, 2.45) is 5.92 Å². The molecule has 0 bridgehead atoms. The van der Waals surface area contributed by atoms with Gasteiger partial charge >= 0.3 is 0 Å². The minimum absolute atomic E-state index is 0.173. The van der Waals surface area contributed by atoms with Gasteiger partial charge < -0.3 is 4.90 Å². The van der Waals surface area contributed by atoms with Crippen LogP contribution < -0.4 is 0 Å². The zero-order chi connectivity index (χ0) is 15.4. The summed E-state index contributed by atoms with van der Waals surface area (Å²) < 4.78 is 1.80. The van der Waals surface area contributed by atoms with Crippen LogP contribution in [0.3, 0.4) is 0 Å². The van der Waals surface area contributed by atoms with Crippen LogP contribution in [0.25, 0.3) is 5.82 Å². The van der Waals surface area contributed by atoms with E-state index in [1.165, 1.54) is 18.2 Å². The fourth-order valence-corrected chi connectivity index (χ4v) is 3.43. The van der Waals surface area contributed by atoms with Crippen LogP contribution in [0.2, 0.25) is 0 Å². The maximum atomic E-state index is 12.3. The average molecular weight is 317 g/mol. The van der Waals surface area contributed by atoms with Gasteiger partial charge in [0.1, 0.15) is 12.1 Å². The van der Waals surface area contributed by atoms with Crippen molar-refractivity contribution in [2.45, 2.75) is 24.9 Å². The lowest BCUT2D eigenvalue weighted by Crippen LogP contribution is -2.40. The first-order valence-corrected chi connectivity index (χ1v) is 8.44. The molecule has 0 aromatic carbocycles. The molecule has 3 rings (SSSR count). The number of carbonyl (C=O) groups excluding carboxylic acids is 1. The second-order valence-corrected chi connectivity index (χ2v) is 6.49. The molecule has 0 spiro atoms. The number of rotatable bonds is 4. The molecule has 1 amide bonds. The van der Waals surface area contributed by atoms with Crippen molar-refractivity contribution in [3.05, 3.63) is 30.7 Å². The molecule has 1 saturated heterocycles. The first-order chi connectivity index (χ1) is 10.7. The first kappa shape index (κ1) is 15.0.